The topological polar surface area (TPSA) is 66.5 Å². The number of carbonyl (C=O) groups excluding carboxylic acids is 1. The summed E-state index contributed by atoms with van der Waals surface area (Å²) in [6.45, 7) is 2.74. The van der Waals surface area contributed by atoms with E-state index in [4.69, 9.17) is 0 Å². The Balaban J connectivity index is 1.69. The smallest absolute Gasteiger partial charge is 0.251 e. The first-order chi connectivity index (χ1) is 12.0. The molecule has 0 bridgehead atoms. The molecule has 0 aromatic heterocycles. The van der Waals surface area contributed by atoms with Crippen LogP contribution >= 0.6 is 0 Å². The van der Waals surface area contributed by atoms with Crippen LogP contribution in [0, 0.1) is 6.92 Å². The molecular formula is C19H22N2O3S. The van der Waals surface area contributed by atoms with E-state index in [1.54, 1.807) is 36.4 Å². The van der Waals surface area contributed by atoms with Gasteiger partial charge in [0.25, 0.3) is 5.91 Å². The van der Waals surface area contributed by atoms with Crippen molar-refractivity contribution in [2.24, 2.45) is 0 Å². The highest BCUT2D eigenvalue weighted by Crippen LogP contribution is 2.25. The molecular weight excluding hydrogens is 336 g/mol. The Morgan fingerprint density at radius 2 is 1.92 bits per heavy atom. The van der Waals surface area contributed by atoms with E-state index in [-0.39, 0.29) is 11.9 Å². The van der Waals surface area contributed by atoms with E-state index in [2.05, 4.69) is 5.32 Å². The van der Waals surface area contributed by atoms with Gasteiger partial charge in [0, 0.05) is 24.7 Å². The van der Waals surface area contributed by atoms with Gasteiger partial charge in [-0.25, -0.2) is 8.42 Å². The molecule has 1 unspecified atom stereocenters. The fourth-order valence-corrected chi connectivity index (χ4v) is 4.87. The molecule has 2 aromatic carbocycles. The lowest BCUT2D eigenvalue weighted by molar-refractivity contribution is 0.0946. The van der Waals surface area contributed by atoms with Crippen LogP contribution in [0.5, 0.6) is 0 Å². The van der Waals surface area contributed by atoms with E-state index in [0.717, 1.165) is 18.4 Å². The predicted molar refractivity (Wildman–Crippen MR) is 96.9 cm³/mol. The van der Waals surface area contributed by atoms with Crippen LogP contribution in [0.2, 0.25) is 0 Å². The van der Waals surface area contributed by atoms with Gasteiger partial charge in [0.15, 0.2) is 0 Å². The fraction of sp³-hybridized carbons (Fsp3) is 0.316. The molecule has 1 fully saturated rings. The van der Waals surface area contributed by atoms with Crippen molar-refractivity contribution in [2.75, 3.05) is 13.1 Å². The number of aryl methyl sites for hydroxylation is 1. The van der Waals surface area contributed by atoms with Gasteiger partial charge in [-0.15, -0.1) is 0 Å². The molecule has 0 spiro atoms. The molecule has 0 saturated carbocycles. The monoisotopic (exact) mass is 358 g/mol. The first-order valence-corrected chi connectivity index (χ1v) is 9.84. The molecule has 0 aliphatic carbocycles. The zero-order valence-electron chi connectivity index (χ0n) is 14.2. The van der Waals surface area contributed by atoms with Crippen molar-refractivity contribution < 1.29 is 13.2 Å². The number of sulfonamides is 1. The Kier molecular flexibility index (Phi) is 5.20. The van der Waals surface area contributed by atoms with E-state index in [0.29, 0.717) is 23.5 Å². The molecule has 6 heteroatoms. The van der Waals surface area contributed by atoms with Gasteiger partial charge in [0.2, 0.25) is 10.0 Å². The zero-order valence-corrected chi connectivity index (χ0v) is 15.0. The minimum absolute atomic E-state index is 0.173. The third-order valence-corrected chi connectivity index (χ3v) is 6.42. The van der Waals surface area contributed by atoms with Crippen LogP contribution in [0.3, 0.4) is 0 Å². The van der Waals surface area contributed by atoms with Crippen LogP contribution in [-0.4, -0.2) is 37.8 Å². The number of rotatable bonds is 5. The number of nitrogens with zero attached hydrogens (tertiary/aromatic N) is 1. The summed E-state index contributed by atoms with van der Waals surface area (Å²) in [7, 11) is -3.53. The van der Waals surface area contributed by atoms with Crippen molar-refractivity contribution in [3.63, 3.8) is 0 Å². The van der Waals surface area contributed by atoms with E-state index >= 15 is 0 Å². The number of carbonyl (C=O) groups is 1. The summed E-state index contributed by atoms with van der Waals surface area (Å²) in [5.41, 5.74) is 1.61. The summed E-state index contributed by atoms with van der Waals surface area (Å²) in [6, 6.07) is 15.6. The van der Waals surface area contributed by atoms with Gasteiger partial charge < -0.3 is 5.32 Å². The van der Waals surface area contributed by atoms with Gasteiger partial charge >= 0.3 is 0 Å². The van der Waals surface area contributed by atoms with Crippen LogP contribution in [-0.2, 0) is 10.0 Å². The van der Waals surface area contributed by atoms with Gasteiger partial charge in [-0.2, -0.15) is 4.31 Å². The van der Waals surface area contributed by atoms with Crippen LogP contribution in [0.25, 0.3) is 0 Å². The van der Waals surface area contributed by atoms with E-state index in [9.17, 15) is 13.2 Å². The first kappa shape index (κ1) is 17.6. The van der Waals surface area contributed by atoms with Crippen molar-refractivity contribution in [1.82, 2.24) is 9.62 Å². The van der Waals surface area contributed by atoms with Crippen LogP contribution in [0.1, 0.15) is 28.8 Å². The summed E-state index contributed by atoms with van der Waals surface area (Å²) < 4.78 is 27.1. The lowest BCUT2D eigenvalue weighted by atomic mass is 10.1. The summed E-state index contributed by atoms with van der Waals surface area (Å²) in [4.78, 5) is 12.6. The number of nitrogens with one attached hydrogen (secondary N) is 1. The Labute approximate surface area is 148 Å². The minimum Gasteiger partial charge on any atom is -0.350 e. The van der Waals surface area contributed by atoms with E-state index < -0.39 is 10.0 Å². The summed E-state index contributed by atoms with van der Waals surface area (Å²) >= 11 is 0. The average molecular weight is 358 g/mol. The highest BCUT2D eigenvalue weighted by atomic mass is 32.2. The van der Waals surface area contributed by atoms with Gasteiger partial charge in [0.05, 0.1) is 4.90 Å². The minimum atomic E-state index is -3.53. The molecule has 1 heterocycles. The number of hydrogen-bond acceptors (Lipinski definition) is 3. The second-order valence-electron chi connectivity index (χ2n) is 6.30. The predicted octanol–water partition coefficient (Wildman–Crippen LogP) is 2.58. The molecule has 1 N–H and O–H groups in total. The Bertz CT molecular complexity index is 850. The highest BCUT2D eigenvalue weighted by molar-refractivity contribution is 7.89. The van der Waals surface area contributed by atoms with Crippen LogP contribution in [0.15, 0.2) is 59.5 Å². The fourth-order valence-electron chi connectivity index (χ4n) is 3.16. The van der Waals surface area contributed by atoms with E-state index in [1.807, 2.05) is 25.1 Å². The zero-order chi connectivity index (χ0) is 17.9. The Hall–Kier alpha value is -2.18. The molecule has 25 heavy (non-hydrogen) atoms. The SMILES string of the molecule is Cc1cccc(C(=O)NCC2CCCN2S(=O)(=O)c2ccccc2)c1. The third kappa shape index (κ3) is 3.91. The standard InChI is InChI=1S/C19H22N2O3S/c1-15-7-5-8-16(13-15)19(22)20-14-17-9-6-12-21(17)25(23,24)18-10-3-2-4-11-18/h2-5,7-8,10-11,13,17H,6,9,12,14H2,1H3,(H,20,22). The summed E-state index contributed by atoms with van der Waals surface area (Å²) in [6.07, 6.45) is 1.55. The highest BCUT2D eigenvalue weighted by Gasteiger charge is 2.35. The summed E-state index contributed by atoms with van der Waals surface area (Å²) in [5, 5.41) is 2.88. The lowest BCUT2D eigenvalue weighted by Crippen LogP contribution is -2.43. The van der Waals surface area contributed by atoms with Crippen LogP contribution < -0.4 is 5.32 Å². The van der Waals surface area contributed by atoms with Gasteiger partial charge in [-0.3, -0.25) is 4.79 Å². The molecule has 2 aromatic rings. The first-order valence-electron chi connectivity index (χ1n) is 8.40. The molecule has 1 saturated heterocycles. The largest absolute Gasteiger partial charge is 0.350 e. The Morgan fingerprint density at radius 1 is 1.16 bits per heavy atom. The van der Waals surface area contributed by atoms with Crippen molar-refractivity contribution in [2.45, 2.75) is 30.7 Å². The quantitative estimate of drug-likeness (QED) is 0.893. The molecule has 3 rings (SSSR count). The van der Waals surface area contributed by atoms with Crippen molar-refractivity contribution in [1.29, 1.82) is 0 Å². The molecule has 1 aliphatic heterocycles. The number of hydrogen-bond donors (Lipinski definition) is 1. The molecule has 1 atom stereocenters. The maximum absolute atomic E-state index is 12.8. The van der Waals surface area contributed by atoms with Gasteiger partial charge in [0.1, 0.15) is 0 Å². The van der Waals surface area contributed by atoms with Crippen molar-refractivity contribution in [3.05, 3.63) is 65.7 Å². The second kappa shape index (κ2) is 7.37. The lowest BCUT2D eigenvalue weighted by Gasteiger charge is -2.24. The maximum Gasteiger partial charge on any atom is 0.251 e. The molecule has 132 valence electrons. The molecule has 5 nitrogen and oxygen atoms in total. The average Bonchev–Trinajstić information content (AvgIpc) is 3.10. The third-order valence-electron chi connectivity index (χ3n) is 4.45. The molecule has 1 amide bonds. The maximum atomic E-state index is 12.8. The Morgan fingerprint density at radius 3 is 2.64 bits per heavy atom. The number of amides is 1. The second-order valence-corrected chi connectivity index (χ2v) is 8.19. The summed E-state index contributed by atoms with van der Waals surface area (Å²) in [5.74, 6) is -0.173. The molecule has 0 radical (unpaired) electrons. The van der Waals surface area contributed by atoms with Crippen molar-refractivity contribution in [3.8, 4) is 0 Å². The van der Waals surface area contributed by atoms with Crippen LogP contribution in [0.4, 0.5) is 0 Å². The van der Waals surface area contributed by atoms with Gasteiger partial charge in [-0.05, 0) is 44.0 Å². The van der Waals surface area contributed by atoms with Gasteiger partial charge in [-0.1, -0.05) is 35.9 Å². The van der Waals surface area contributed by atoms with Crippen molar-refractivity contribution >= 4 is 15.9 Å². The van der Waals surface area contributed by atoms with E-state index in [1.165, 1.54) is 4.31 Å². The normalized spacial score (nSPS) is 18.2. The molecule has 1 aliphatic rings. The number of benzene rings is 2.